The highest BCUT2D eigenvalue weighted by molar-refractivity contribution is 6.31. The molecule has 0 bridgehead atoms. The van der Waals surface area contributed by atoms with Crippen molar-refractivity contribution in [2.75, 3.05) is 0 Å². The van der Waals surface area contributed by atoms with Crippen molar-refractivity contribution in [2.24, 2.45) is 0 Å². The Bertz CT molecular complexity index is 8530. The second-order valence-corrected chi connectivity index (χ2v) is 32.4. The summed E-state index contributed by atoms with van der Waals surface area (Å²) >= 11 is 0. The number of hydrogen-bond acceptors (Lipinski definition) is 4. The molecular formula is C118H70N4. The first kappa shape index (κ1) is 69.0. The third kappa shape index (κ3) is 10.9. The maximum atomic E-state index is 5.88. The quantitative estimate of drug-likeness (QED) is 0.0957. The van der Waals surface area contributed by atoms with E-state index in [4.69, 9.17) is 19.9 Å². The molecule has 0 atom stereocenters. The summed E-state index contributed by atoms with van der Waals surface area (Å²) in [4.78, 5) is 22.4. The van der Waals surface area contributed by atoms with Crippen LogP contribution in [0.1, 0.15) is 0 Å². The molecule has 4 heteroatoms. The van der Waals surface area contributed by atoms with E-state index in [1.807, 2.05) is 6.07 Å². The number of hydrogen-bond donors (Lipinski definition) is 0. The first-order valence-electron chi connectivity index (χ1n) is 42.0. The minimum Gasteiger partial charge on any atom is -0.245 e. The van der Waals surface area contributed by atoms with E-state index < -0.39 is 0 Å². The zero-order valence-corrected chi connectivity index (χ0v) is 66.2. The zero-order chi connectivity index (χ0) is 80.0. The number of benzene rings is 21. The molecule has 25 aromatic rings. The molecule has 0 amide bonds. The molecule has 0 aliphatic carbocycles. The summed E-state index contributed by atoms with van der Waals surface area (Å²) in [6.45, 7) is 0. The largest absolute Gasteiger partial charge is 0.245 e. The van der Waals surface area contributed by atoms with Crippen LogP contribution < -0.4 is 0 Å². The Balaban J connectivity index is 0.591. The number of fused-ring (bicyclic) bond motifs is 12. The third-order valence-corrected chi connectivity index (χ3v) is 25.7. The van der Waals surface area contributed by atoms with Crippen molar-refractivity contribution in [1.82, 2.24) is 19.9 Å². The third-order valence-electron chi connectivity index (χ3n) is 25.7. The molecule has 0 aliphatic heterocycles. The fourth-order valence-electron chi connectivity index (χ4n) is 20.2. The van der Waals surface area contributed by atoms with Crippen molar-refractivity contribution in [3.8, 4) is 123 Å². The normalized spacial score (nSPS) is 11.9. The Morgan fingerprint density at radius 2 is 0.418 bits per heavy atom. The lowest BCUT2D eigenvalue weighted by molar-refractivity contribution is 1.37. The Kier molecular flexibility index (Phi) is 15.7. The lowest BCUT2D eigenvalue weighted by atomic mass is 9.84. The molecule has 0 unspecified atom stereocenters. The van der Waals surface area contributed by atoms with E-state index in [2.05, 4.69) is 419 Å². The fraction of sp³-hybridized carbons (Fsp3) is 0. The SMILES string of the molecule is c1ccc(-c2ccc3ccc4ccc(-c5c6ccccc6c(-c6ccc(-c7ccc8cc(-c9cc%10ccc(-c%11c%12ccccc%12c(-c%12ccc(-c%13ccc%14c(-c%15ccccc%15)c%15ccccc%15c(-c%15ccccc%15)c%14c%13)cc%12)c%12ccccc%11%12)nc%10c%10nc(-c%11ccccc%11)ccc9%10)c9cccc%10ccc7c8c%109)cc6)c6ccccc56)nc4c3n2)cc1. The first-order chi connectivity index (χ1) is 60.5. The summed E-state index contributed by atoms with van der Waals surface area (Å²) < 4.78 is 0. The van der Waals surface area contributed by atoms with Crippen molar-refractivity contribution < 1.29 is 0 Å². The minimum absolute atomic E-state index is 0.857. The van der Waals surface area contributed by atoms with Crippen LogP contribution in [0, 0.1) is 0 Å². The highest BCUT2D eigenvalue weighted by atomic mass is 14.8. The second kappa shape index (κ2) is 27.8. The molecule has 4 heterocycles. The van der Waals surface area contributed by atoms with Gasteiger partial charge < -0.3 is 0 Å². The van der Waals surface area contributed by atoms with Crippen LogP contribution in [0.2, 0.25) is 0 Å². The summed E-state index contributed by atoms with van der Waals surface area (Å²) in [6, 6.07) is 156. The van der Waals surface area contributed by atoms with Gasteiger partial charge in [-0.2, -0.15) is 0 Å². The van der Waals surface area contributed by atoms with E-state index in [9.17, 15) is 0 Å². The predicted octanol–water partition coefficient (Wildman–Crippen LogP) is 32.0. The minimum atomic E-state index is 0.857. The van der Waals surface area contributed by atoms with Crippen molar-refractivity contribution >= 4 is 141 Å². The average Bonchev–Trinajstić information content (AvgIpc) is 0.687. The van der Waals surface area contributed by atoms with Crippen molar-refractivity contribution in [1.29, 1.82) is 0 Å². The van der Waals surface area contributed by atoms with Crippen molar-refractivity contribution in [3.05, 3.63) is 425 Å². The average molecular weight is 1540 g/mol. The molecule has 4 aromatic heterocycles. The zero-order valence-electron chi connectivity index (χ0n) is 66.2. The molecule has 122 heavy (non-hydrogen) atoms. The van der Waals surface area contributed by atoms with Gasteiger partial charge in [-0.1, -0.05) is 376 Å². The summed E-state index contributed by atoms with van der Waals surface area (Å²) in [6.07, 6.45) is 0. The van der Waals surface area contributed by atoms with E-state index in [-0.39, 0.29) is 0 Å². The van der Waals surface area contributed by atoms with Gasteiger partial charge in [0.2, 0.25) is 0 Å². The standard InChI is InChI=1S/C118H70N4/c1-5-24-73(25-6-1)103-64-57-80-52-53-81-58-65-105(121-116(81)115(80)119-103)113-92-39-19-17-37-90(92)109(91-38-18-20-40-93(91)113)79-50-46-72(47-51-79)85-60-56-83-69-100(96-43-23-32-77-54-61-97(85)112(83)111(77)96)101-70-84-59-66-106(122-117(84)118-99(101)63-67-104(120-118)74-26-7-2-8-27-74)114-94-41-21-15-35-88(94)108(89-36-16-22-42-95(89)114)78-48-44-71(45-49-78)82-55-62-98-102(68-82)110(76-30-11-4-12-31-76)87-34-14-13-33-86(87)107(98)75-28-9-3-10-29-75/h1-70H. The van der Waals surface area contributed by atoms with Gasteiger partial charge in [-0.05, 0) is 223 Å². The highest BCUT2D eigenvalue weighted by Gasteiger charge is 2.26. The van der Waals surface area contributed by atoms with Gasteiger partial charge in [-0.3, -0.25) is 0 Å². The smallest absolute Gasteiger partial charge is 0.0978 e. The van der Waals surface area contributed by atoms with Gasteiger partial charge in [0.05, 0.1) is 44.8 Å². The highest BCUT2D eigenvalue weighted by Crippen LogP contribution is 2.52. The molecule has 4 nitrogen and oxygen atoms in total. The van der Waals surface area contributed by atoms with Gasteiger partial charge in [0, 0.05) is 43.8 Å². The van der Waals surface area contributed by atoms with E-state index in [1.54, 1.807) is 0 Å². The number of pyridine rings is 4. The van der Waals surface area contributed by atoms with Crippen LogP contribution in [-0.4, -0.2) is 19.9 Å². The van der Waals surface area contributed by atoms with Crippen LogP contribution in [0.3, 0.4) is 0 Å². The van der Waals surface area contributed by atoms with Gasteiger partial charge in [0.15, 0.2) is 0 Å². The molecule has 0 radical (unpaired) electrons. The van der Waals surface area contributed by atoms with E-state index in [1.165, 1.54) is 120 Å². The number of rotatable bonds is 11. The molecule has 0 saturated heterocycles. The molecule has 0 spiro atoms. The van der Waals surface area contributed by atoms with Crippen LogP contribution in [0.15, 0.2) is 425 Å². The van der Waals surface area contributed by atoms with Gasteiger partial charge in [-0.15, -0.1) is 0 Å². The fourth-order valence-corrected chi connectivity index (χ4v) is 20.2. The van der Waals surface area contributed by atoms with Gasteiger partial charge in [0.1, 0.15) is 0 Å². The molecule has 25 rings (SSSR count). The Morgan fingerprint density at radius 1 is 0.123 bits per heavy atom. The Morgan fingerprint density at radius 3 is 0.918 bits per heavy atom. The molecule has 21 aromatic carbocycles. The topological polar surface area (TPSA) is 51.6 Å². The van der Waals surface area contributed by atoms with Crippen LogP contribution in [-0.2, 0) is 0 Å². The summed E-state index contributed by atoms with van der Waals surface area (Å²) in [5.41, 5.74) is 28.1. The molecule has 0 aliphatic rings. The monoisotopic (exact) mass is 1540 g/mol. The molecule has 0 N–H and O–H groups in total. The van der Waals surface area contributed by atoms with Crippen molar-refractivity contribution in [3.63, 3.8) is 0 Å². The van der Waals surface area contributed by atoms with Gasteiger partial charge in [0.25, 0.3) is 0 Å². The Labute approximate surface area is 703 Å². The summed E-state index contributed by atoms with van der Waals surface area (Å²) in [5.74, 6) is 0. The lowest BCUT2D eigenvalue weighted by Gasteiger charge is -2.20. The second-order valence-electron chi connectivity index (χ2n) is 32.4. The predicted molar refractivity (Wildman–Crippen MR) is 516 cm³/mol. The molecule has 562 valence electrons. The van der Waals surface area contributed by atoms with E-state index >= 15 is 0 Å². The molecule has 0 fully saturated rings. The van der Waals surface area contributed by atoms with Gasteiger partial charge >= 0.3 is 0 Å². The van der Waals surface area contributed by atoms with Crippen LogP contribution in [0.5, 0.6) is 0 Å². The maximum Gasteiger partial charge on any atom is 0.0978 e. The van der Waals surface area contributed by atoms with E-state index in [0.717, 1.165) is 144 Å². The lowest BCUT2D eigenvalue weighted by Crippen LogP contribution is -1.96. The number of nitrogens with zero attached hydrogens (tertiary/aromatic N) is 4. The summed E-state index contributed by atoms with van der Waals surface area (Å²) in [5, 5.41) is 25.7. The first-order valence-corrected chi connectivity index (χ1v) is 42.0. The van der Waals surface area contributed by atoms with Crippen LogP contribution in [0.25, 0.3) is 263 Å². The van der Waals surface area contributed by atoms with Crippen LogP contribution >= 0.6 is 0 Å². The number of aromatic nitrogens is 4. The van der Waals surface area contributed by atoms with Crippen LogP contribution in [0.4, 0.5) is 0 Å². The van der Waals surface area contributed by atoms with Crippen molar-refractivity contribution in [2.45, 2.75) is 0 Å². The Hall–Kier alpha value is -16.1. The van der Waals surface area contributed by atoms with E-state index in [0.29, 0.717) is 0 Å². The molecular weight excluding hydrogens is 1470 g/mol. The maximum absolute atomic E-state index is 5.88. The molecule has 0 saturated carbocycles. The summed E-state index contributed by atoms with van der Waals surface area (Å²) in [7, 11) is 0. The van der Waals surface area contributed by atoms with Gasteiger partial charge in [-0.25, -0.2) is 19.9 Å².